The molecule has 1 aliphatic heterocycles. The van der Waals surface area contributed by atoms with Gasteiger partial charge in [0.25, 0.3) is 11.7 Å². The molecular formula is C16H14FN3O3. The Morgan fingerprint density at radius 3 is 2.61 bits per heavy atom. The monoisotopic (exact) mass is 315 g/mol. The van der Waals surface area contributed by atoms with Gasteiger partial charge in [0.05, 0.1) is 30.4 Å². The number of amides is 1. The molecule has 0 spiro atoms. The lowest BCUT2D eigenvalue weighted by molar-refractivity contribution is -0.138. The highest BCUT2D eigenvalue weighted by atomic mass is 19.1. The van der Waals surface area contributed by atoms with Crippen LogP contribution in [0.1, 0.15) is 11.1 Å². The Morgan fingerprint density at radius 2 is 2.00 bits per heavy atom. The van der Waals surface area contributed by atoms with Crippen LogP contribution in [0.2, 0.25) is 0 Å². The Kier molecular flexibility index (Phi) is 3.69. The van der Waals surface area contributed by atoms with E-state index in [2.05, 4.69) is 5.10 Å². The zero-order valence-corrected chi connectivity index (χ0v) is 12.4. The minimum Gasteiger partial charge on any atom is -0.507 e. The number of aromatic nitrogens is 2. The van der Waals surface area contributed by atoms with E-state index in [9.17, 15) is 19.1 Å². The molecule has 7 heteroatoms. The summed E-state index contributed by atoms with van der Waals surface area (Å²) in [4.78, 5) is 24.5. The number of nitrogens with zero attached hydrogens (tertiary/aromatic N) is 3. The fourth-order valence-corrected chi connectivity index (χ4v) is 2.39. The van der Waals surface area contributed by atoms with Crippen molar-refractivity contribution in [2.45, 2.75) is 6.54 Å². The molecule has 0 saturated carbocycles. The molecule has 2 aromatic rings. The summed E-state index contributed by atoms with van der Waals surface area (Å²) in [5.41, 5.74) is 1.28. The van der Waals surface area contributed by atoms with Gasteiger partial charge < -0.3 is 10.0 Å². The molecule has 2 heterocycles. The van der Waals surface area contributed by atoms with E-state index in [0.717, 1.165) is 5.56 Å². The average Bonchev–Trinajstić information content (AvgIpc) is 3.10. The second kappa shape index (κ2) is 5.68. The molecule has 6 nitrogen and oxygen atoms in total. The first-order chi connectivity index (χ1) is 11.0. The van der Waals surface area contributed by atoms with Crippen molar-refractivity contribution in [3.05, 3.63) is 59.2 Å². The molecule has 3 rings (SSSR count). The standard InChI is InChI=1S/C16H14FN3O3/c1-19-9-13(15(22)16(19)23)14(21)11-6-18-20(8-11)7-10-2-4-12(17)5-3-10/h2-6,8,21H,7,9H2,1H3/b14-13-. The summed E-state index contributed by atoms with van der Waals surface area (Å²) in [6.45, 7) is 0.475. The third-order valence-electron chi connectivity index (χ3n) is 3.66. The molecule has 0 unspecified atom stereocenters. The van der Waals surface area contributed by atoms with Gasteiger partial charge in [-0.2, -0.15) is 5.10 Å². The second-order valence-electron chi connectivity index (χ2n) is 5.37. The summed E-state index contributed by atoms with van der Waals surface area (Å²) >= 11 is 0. The van der Waals surface area contributed by atoms with Crippen LogP contribution in [0.4, 0.5) is 4.39 Å². The number of halogens is 1. The van der Waals surface area contributed by atoms with Gasteiger partial charge in [-0.05, 0) is 17.7 Å². The molecule has 118 valence electrons. The van der Waals surface area contributed by atoms with Gasteiger partial charge in [0, 0.05) is 13.2 Å². The first kappa shape index (κ1) is 15.0. The normalized spacial score (nSPS) is 17.0. The van der Waals surface area contributed by atoms with E-state index in [-0.39, 0.29) is 23.7 Å². The van der Waals surface area contributed by atoms with Crippen LogP contribution in [0.25, 0.3) is 5.76 Å². The molecule has 1 fully saturated rings. The zero-order valence-electron chi connectivity index (χ0n) is 12.4. The summed E-state index contributed by atoms with van der Waals surface area (Å²) in [5.74, 6) is -1.88. The third-order valence-corrected chi connectivity index (χ3v) is 3.66. The fourth-order valence-electron chi connectivity index (χ4n) is 2.39. The molecule has 23 heavy (non-hydrogen) atoms. The molecule has 0 aliphatic carbocycles. The van der Waals surface area contributed by atoms with Gasteiger partial charge in [-0.15, -0.1) is 0 Å². The maximum atomic E-state index is 12.9. The SMILES string of the molecule is CN1C/C(=C(/O)c2cnn(Cc3ccc(F)cc3)c2)C(=O)C1=O. The smallest absolute Gasteiger partial charge is 0.294 e. The van der Waals surface area contributed by atoms with Crippen molar-refractivity contribution in [3.63, 3.8) is 0 Å². The van der Waals surface area contributed by atoms with Gasteiger partial charge in [-0.25, -0.2) is 4.39 Å². The van der Waals surface area contributed by atoms with E-state index in [1.807, 2.05) is 0 Å². The first-order valence-corrected chi connectivity index (χ1v) is 6.95. The number of carbonyl (C=O) groups is 2. The largest absolute Gasteiger partial charge is 0.507 e. The number of rotatable bonds is 3. The second-order valence-corrected chi connectivity index (χ2v) is 5.37. The number of benzene rings is 1. The van der Waals surface area contributed by atoms with E-state index in [0.29, 0.717) is 12.1 Å². The van der Waals surface area contributed by atoms with Crippen molar-refractivity contribution < 1.29 is 19.1 Å². The topological polar surface area (TPSA) is 75.4 Å². The predicted octanol–water partition coefficient (Wildman–Crippen LogP) is 1.38. The molecule has 1 amide bonds. The quantitative estimate of drug-likeness (QED) is 0.527. The molecule has 0 atom stereocenters. The van der Waals surface area contributed by atoms with Crippen molar-refractivity contribution in [2.75, 3.05) is 13.6 Å². The number of aliphatic hydroxyl groups is 1. The highest BCUT2D eigenvalue weighted by Crippen LogP contribution is 2.21. The Labute approximate surface area is 131 Å². The Hall–Kier alpha value is -2.96. The molecule has 0 bridgehead atoms. The van der Waals surface area contributed by atoms with Crippen molar-refractivity contribution in [1.29, 1.82) is 0 Å². The summed E-state index contributed by atoms with van der Waals surface area (Å²) in [7, 11) is 1.50. The van der Waals surface area contributed by atoms with E-state index in [1.165, 1.54) is 30.3 Å². The maximum absolute atomic E-state index is 12.9. The van der Waals surface area contributed by atoms with Crippen LogP contribution < -0.4 is 0 Å². The van der Waals surface area contributed by atoms with Crippen molar-refractivity contribution in [1.82, 2.24) is 14.7 Å². The molecule has 0 radical (unpaired) electrons. The van der Waals surface area contributed by atoms with E-state index in [4.69, 9.17) is 0 Å². The molecule has 1 N–H and O–H groups in total. The van der Waals surface area contributed by atoms with E-state index in [1.54, 1.807) is 23.0 Å². The highest BCUT2D eigenvalue weighted by molar-refractivity contribution is 6.46. The van der Waals surface area contributed by atoms with Crippen LogP contribution in [0.3, 0.4) is 0 Å². The Morgan fingerprint density at radius 1 is 1.30 bits per heavy atom. The molecular weight excluding hydrogens is 301 g/mol. The predicted molar refractivity (Wildman–Crippen MR) is 79.9 cm³/mol. The van der Waals surface area contributed by atoms with Crippen molar-refractivity contribution in [2.24, 2.45) is 0 Å². The lowest BCUT2D eigenvalue weighted by atomic mass is 10.1. The number of Topliss-reactive ketones (excluding diaryl/α,β-unsaturated/α-hetero) is 1. The van der Waals surface area contributed by atoms with Crippen LogP contribution in [-0.2, 0) is 16.1 Å². The lowest BCUT2D eigenvalue weighted by Crippen LogP contribution is -2.22. The van der Waals surface area contributed by atoms with Crippen LogP contribution in [0, 0.1) is 5.82 Å². The summed E-state index contributed by atoms with van der Waals surface area (Å²) in [5, 5.41) is 14.3. The number of ketones is 1. The van der Waals surface area contributed by atoms with Gasteiger partial charge in [0.1, 0.15) is 11.6 Å². The number of aliphatic hydroxyl groups excluding tert-OH is 1. The van der Waals surface area contributed by atoms with Crippen LogP contribution >= 0.6 is 0 Å². The molecule has 1 aromatic carbocycles. The first-order valence-electron chi connectivity index (χ1n) is 6.95. The number of carbonyl (C=O) groups excluding carboxylic acids is 2. The average molecular weight is 315 g/mol. The minimum atomic E-state index is -0.698. The van der Waals surface area contributed by atoms with E-state index >= 15 is 0 Å². The van der Waals surface area contributed by atoms with Crippen LogP contribution in [-0.4, -0.2) is 45.1 Å². The third kappa shape index (κ3) is 2.85. The van der Waals surface area contributed by atoms with Gasteiger partial charge >= 0.3 is 0 Å². The van der Waals surface area contributed by atoms with Gasteiger partial charge in [-0.3, -0.25) is 14.3 Å². The van der Waals surface area contributed by atoms with Crippen molar-refractivity contribution in [3.8, 4) is 0 Å². The van der Waals surface area contributed by atoms with Gasteiger partial charge in [0.2, 0.25) is 0 Å². The minimum absolute atomic E-state index is 0.0684. The lowest BCUT2D eigenvalue weighted by Gasteiger charge is -2.04. The highest BCUT2D eigenvalue weighted by Gasteiger charge is 2.34. The van der Waals surface area contributed by atoms with Gasteiger partial charge in [-0.1, -0.05) is 12.1 Å². The Bertz CT molecular complexity index is 808. The van der Waals surface area contributed by atoms with Crippen LogP contribution in [0.5, 0.6) is 0 Å². The number of likely N-dealkylation sites (N-methyl/N-ethyl adjacent to an activating group) is 1. The maximum Gasteiger partial charge on any atom is 0.294 e. The van der Waals surface area contributed by atoms with E-state index < -0.39 is 11.7 Å². The molecule has 1 aliphatic rings. The van der Waals surface area contributed by atoms with Crippen molar-refractivity contribution >= 4 is 17.4 Å². The summed E-state index contributed by atoms with van der Waals surface area (Å²) in [6.07, 6.45) is 2.99. The molecule has 1 aromatic heterocycles. The fraction of sp³-hybridized carbons (Fsp3) is 0.188. The van der Waals surface area contributed by atoms with Crippen LogP contribution in [0.15, 0.2) is 42.2 Å². The van der Waals surface area contributed by atoms with Gasteiger partial charge in [0.15, 0.2) is 0 Å². The summed E-state index contributed by atoms with van der Waals surface area (Å²) in [6, 6.07) is 6.00. The number of hydrogen-bond donors (Lipinski definition) is 1. The number of likely N-dealkylation sites (tertiary alicyclic amines) is 1. The molecule has 1 saturated heterocycles. The summed E-state index contributed by atoms with van der Waals surface area (Å²) < 4.78 is 14.4. The zero-order chi connectivity index (χ0) is 16.6. The number of hydrogen-bond acceptors (Lipinski definition) is 4. The Balaban J connectivity index is 1.83.